The molecule has 3 atom stereocenters. The molecule has 3 unspecified atom stereocenters. The molecule has 4 rings (SSSR count). The van der Waals surface area contributed by atoms with E-state index in [4.69, 9.17) is 9.47 Å². The van der Waals surface area contributed by atoms with E-state index in [0.29, 0.717) is 12.2 Å². The number of amides is 3. The maximum Gasteiger partial charge on any atom is 0.342 e. The summed E-state index contributed by atoms with van der Waals surface area (Å²) in [6, 6.07) is 11.6. The number of aliphatic carboxylic acids is 1. The van der Waals surface area contributed by atoms with Crippen LogP contribution in [-0.4, -0.2) is 88.9 Å². The first-order valence-corrected chi connectivity index (χ1v) is 13.5. The van der Waals surface area contributed by atoms with Crippen molar-refractivity contribution in [3.8, 4) is 11.5 Å². The zero-order chi connectivity index (χ0) is 30.2. The molecular formula is C29H32N4O9. The van der Waals surface area contributed by atoms with Gasteiger partial charge in [0.25, 0.3) is 5.91 Å². The van der Waals surface area contributed by atoms with Gasteiger partial charge < -0.3 is 25.2 Å². The highest BCUT2D eigenvalue weighted by Gasteiger charge is 2.44. The van der Waals surface area contributed by atoms with Crippen LogP contribution in [-0.2, 0) is 28.7 Å². The Kier molecular flexibility index (Phi) is 9.86. The summed E-state index contributed by atoms with van der Waals surface area (Å²) in [4.78, 5) is 76.6. The normalized spacial score (nSPS) is 19.3. The number of esters is 1. The number of carboxylic acids is 1. The molecular weight excluding hydrogens is 548 g/mol. The molecule has 2 aromatic carbocycles. The molecule has 2 fully saturated rings. The Bertz CT molecular complexity index is 1350. The Hall–Kier alpha value is -4.78. The van der Waals surface area contributed by atoms with Gasteiger partial charge in [-0.2, -0.15) is 0 Å². The summed E-state index contributed by atoms with van der Waals surface area (Å²) < 4.78 is 10.9. The molecule has 222 valence electrons. The van der Waals surface area contributed by atoms with Crippen molar-refractivity contribution in [3.05, 3.63) is 60.2 Å². The quantitative estimate of drug-likeness (QED) is 0.329. The van der Waals surface area contributed by atoms with E-state index in [1.54, 1.807) is 55.6 Å². The maximum absolute atomic E-state index is 13.4. The Morgan fingerprint density at radius 1 is 1.02 bits per heavy atom. The number of carbonyl (C=O) groups excluding carboxylic acids is 5. The molecule has 0 radical (unpaired) electrons. The van der Waals surface area contributed by atoms with Crippen LogP contribution in [0.5, 0.6) is 11.5 Å². The molecule has 2 aliphatic heterocycles. The van der Waals surface area contributed by atoms with E-state index in [-0.39, 0.29) is 43.0 Å². The van der Waals surface area contributed by atoms with Gasteiger partial charge in [0.05, 0.1) is 12.5 Å². The fourth-order valence-electron chi connectivity index (χ4n) is 4.88. The molecule has 13 nitrogen and oxygen atoms in total. The molecule has 3 amide bonds. The summed E-state index contributed by atoms with van der Waals surface area (Å²) in [5, 5.41) is 17.0. The highest BCUT2D eigenvalue weighted by Crippen LogP contribution is 2.27. The van der Waals surface area contributed by atoms with Crippen molar-refractivity contribution in [1.82, 2.24) is 20.7 Å². The van der Waals surface area contributed by atoms with Crippen molar-refractivity contribution in [2.45, 2.75) is 50.2 Å². The molecule has 2 aromatic rings. The second-order valence-corrected chi connectivity index (χ2v) is 9.85. The number of hydrogen-bond donors (Lipinski definition) is 3. The van der Waals surface area contributed by atoms with Gasteiger partial charge in [-0.05, 0) is 50.6 Å². The molecule has 42 heavy (non-hydrogen) atoms. The Morgan fingerprint density at radius 2 is 1.74 bits per heavy atom. The van der Waals surface area contributed by atoms with Crippen LogP contribution in [0, 0.1) is 0 Å². The monoisotopic (exact) mass is 580 g/mol. The summed E-state index contributed by atoms with van der Waals surface area (Å²) in [6.45, 7) is -0.565. The van der Waals surface area contributed by atoms with E-state index in [0.717, 1.165) is 5.01 Å². The lowest BCUT2D eigenvalue weighted by Gasteiger charge is -2.43. The number of benzene rings is 2. The number of fused-ring (bicyclic) bond motifs is 1. The summed E-state index contributed by atoms with van der Waals surface area (Å²) in [6.07, 6.45) is 0.238. The summed E-state index contributed by atoms with van der Waals surface area (Å²) in [5.41, 5.74) is 0.0405. The molecule has 3 N–H and O–H groups in total. The van der Waals surface area contributed by atoms with Crippen LogP contribution in [0.15, 0.2) is 54.6 Å². The summed E-state index contributed by atoms with van der Waals surface area (Å²) >= 11 is 0. The average Bonchev–Trinajstić information content (AvgIpc) is 3.11. The van der Waals surface area contributed by atoms with Crippen LogP contribution in [0.1, 0.15) is 42.5 Å². The number of hydrogen-bond acceptors (Lipinski definition) is 9. The molecule has 0 saturated carbocycles. The number of hydrazine groups is 1. The van der Waals surface area contributed by atoms with Crippen LogP contribution in [0.3, 0.4) is 0 Å². The molecule has 0 aromatic heterocycles. The number of carboxylic acid groups (broad SMARTS) is 1. The predicted molar refractivity (Wildman–Crippen MR) is 146 cm³/mol. The van der Waals surface area contributed by atoms with Gasteiger partial charge in [-0.3, -0.25) is 29.0 Å². The van der Waals surface area contributed by atoms with Crippen LogP contribution in [0.2, 0.25) is 0 Å². The molecule has 2 heterocycles. The molecule has 0 aliphatic carbocycles. The van der Waals surface area contributed by atoms with E-state index in [1.165, 1.54) is 11.1 Å². The first-order valence-electron chi connectivity index (χ1n) is 13.5. The summed E-state index contributed by atoms with van der Waals surface area (Å²) in [7, 11) is 1.58. The number of ketones is 1. The number of ether oxygens (including phenoxy) is 2. The third kappa shape index (κ3) is 7.10. The fraction of sp³-hybridized carbons (Fsp3) is 0.379. The average molecular weight is 581 g/mol. The number of nitrogens with zero attached hydrogens (tertiary/aromatic N) is 2. The van der Waals surface area contributed by atoms with Gasteiger partial charge in [0.2, 0.25) is 11.8 Å². The molecule has 2 saturated heterocycles. The third-order valence-corrected chi connectivity index (χ3v) is 7.02. The SMILES string of the molecule is CNC1CCC(=O)N2CCCC(C(=O)NC(CC(=O)O)C(=O)COC(=O)c3ccccc3Oc3ccccc3)N2C1=O. The van der Waals surface area contributed by atoms with Crippen molar-refractivity contribution in [3.63, 3.8) is 0 Å². The third-order valence-electron chi connectivity index (χ3n) is 7.02. The zero-order valence-corrected chi connectivity index (χ0v) is 23.0. The standard InChI is InChI=1S/C29H32N4O9/c1-30-20-13-14-25(35)32-15-7-11-22(33(32)28(20)39)27(38)31-21(16-26(36)37)23(34)17-41-29(40)19-10-5-6-12-24(19)42-18-8-3-2-4-9-18/h2-6,8-10,12,20-22,30H,7,11,13-17H2,1H3,(H,31,38)(H,36,37). The number of Topliss-reactive ketones (excluding diaryl/α,β-unsaturated/α-hetero) is 1. The molecule has 0 spiro atoms. The number of likely N-dealkylation sites (N-methyl/N-ethyl adjacent to an activating group) is 1. The maximum atomic E-state index is 13.4. The molecule has 13 heteroatoms. The van der Waals surface area contributed by atoms with Gasteiger partial charge >= 0.3 is 11.9 Å². The predicted octanol–water partition coefficient (Wildman–Crippen LogP) is 1.28. The number of nitrogens with one attached hydrogen (secondary N) is 2. The molecule has 0 bridgehead atoms. The number of rotatable bonds is 11. The number of carbonyl (C=O) groups is 6. The zero-order valence-electron chi connectivity index (χ0n) is 23.0. The van der Waals surface area contributed by atoms with E-state index in [9.17, 15) is 33.9 Å². The second-order valence-electron chi connectivity index (χ2n) is 9.85. The first-order chi connectivity index (χ1) is 20.2. The van der Waals surface area contributed by atoms with E-state index < -0.39 is 60.7 Å². The van der Waals surface area contributed by atoms with Crippen molar-refractivity contribution in [2.24, 2.45) is 0 Å². The first kappa shape index (κ1) is 30.2. The van der Waals surface area contributed by atoms with E-state index >= 15 is 0 Å². The minimum absolute atomic E-state index is 0.0405. The van der Waals surface area contributed by atoms with E-state index in [1.807, 2.05) is 0 Å². The van der Waals surface area contributed by atoms with Gasteiger partial charge in [-0.25, -0.2) is 9.80 Å². The molecule has 2 aliphatic rings. The van der Waals surface area contributed by atoms with Gasteiger partial charge in [-0.15, -0.1) is 0 Å². The largest absolute Gasteiger partial charge is 0.481 e. The fourth-order valence-corrected chi connectivity index (χ4v) is 4.88. The second kappa shape index (κ2) is 13.7. The smallest absolute Gasteiger partial charge is 0.342 e. The van der Waals surface area contributed by atoms with Crippen LogP contribution < -0.4 is 15.4 Å². The van der Waals surface area contributed by atoms with Gasteiger partial charge in [0, 0.05) is 13.0 Å². The van der Waals surface area contributed by atoms with Crippen LogP contribution >= 0.6 is 0 Å². The summed E-state index contributed by atoms with van der Waals surface area (Å²) in [5.74, 6) is -4.01. The highest BCUT2D eigenvalue weighted by molar-refractivity contribution is 5.98. The minimum atomic E-state index is -1.55. The Balaban J connectivity index is 1.44. The van der Waals surface area contributed by atoms with Crippen molar-refractivity contribution < 1.29 is 43.3 Å². The van der Waals surface area contributed by atoms with Crippen molar-refractivity contribution in [1.29, 1.82) is 0 Å². The lowest BCUT2D eigenvalue weighted by Crippen LogP contribution is -2.64. The Labute approximate surface area is 241 Å². The minimum Gasteiger partial charge on any atom is -0.481 e. The van der Waals surface area contributed by atoms with E-state index in [2.05, 4.69) is 10.6 Å². The van der Waals surface area contributed by atoms with Crippen LogP contribution in [0.4, 0.5) is 0 Å². The van der Waals surface area contributed by atoms with Gasteiger partial charge in [0.15, 0.2) is 12.4 Å². The van der Waals surface area contributed by atoms with Gasteiger partial charge in [0.1, 0.15) is 29.1 Å². The van der Waals surface area contributed by atoms with Crippen molar-refractivity contribution >= 4 is 35.4 Å². The lowest BCUT2D eigenvalue weighted by molar-refractivity contribution is -0.176. The Morgan fingerprint density at radius 3 is 2.45 bits per heavy atom. The van der Waals surface area contributed by atoms with Crippen LogP contribution in [0.25, 0.3) is 0 Å². The van der Waals surface area contributed by atoms with Gasteiger partial charge in [-0.1, -0.05) is 30.3 Å². The topological polar surface area (TPSA) is 172 Å². The number of para-hydroxylation sites is 2. The highest BCUT2D eigenvalue weighted by atomic mass is 16.5. The lowest BCUT2D eigenvalue weighted by atomic mass is 10.0. The van der Waals surface area contributed by atoms with Crippen molar-refractivity contribution in [2.75, 3.05) is 20.2 Å².